The van der Waals surface area contributed by atoms with Crippen LogP contribution in [0.25, 0.3) is 0 Å². The van der Waals surface area contributed by atoms with E-state index in [1.54, 1.807) is 23.9 Å². The van der Waals surface area contributed by atoms with Gasteiger partial charge in [-0.3, -0.25) is 4.79 Å². The highest BCUT2D eigenvalue weighted by Crippen LogP contribution is 2.15. The van der Waals surface area contributed by atoms with Crippen molar-refractivity contribution in [2.24, 2.45) is 5.73 Å². The third-order valence-corrected chi connectivity index (χ3v) is 3.11. The number of hydrogen-bond acceptors (Lipinski definition) is 2. The van der Waals surface area contributed by atoms with Crippen LogP contribution in [0.15, 0.2) is 36.7 Å². The summed E-state index contributed by atoms with van der Waals surface area (Å²) in [5, 5.41) is 0.701. The van der Waals surface area contributed by atoms with Crippen LogP contribution in [0.1, 0.15) is 24.4 Å². The van der Waals surface area contributed by atoms with Gasteiger partial charge in [0.2, 0.25) is 5.91 Å². The Kier molecular flexibility index (Phi) is 3.67. The first-order chi connectivity index (χ1) is 8.58. The van der Waals surface area contributed by atoms with Gasteiger partial charge in [-0.15, -0.1) is 0 Å². The number of nitrogens with zero attached hydrogens (tertiary/aromatic N) is 2. The molecule has 1 atom stereocenters. The Morgan fingerprint density at radius 3 is 2.72 bits per heavy atom. The van der Waals surface area contributed by atoms with E-state index >= 15 is 0 Å². The second-order valence-corrected chi connectivity index (χ2v) is 4.57. The molecular formula is C13H14ClN3O. The lowest BCUT2D eigenvalue weighted by Crippen LogP contribution is -2.25. The number of nitrogens with two attached hydrogens (primary N) is 1. The molecule has 0 bridgehead atoms. The predicted octanol–water partition coefficient (Wildman–Crippen LogP) is 2.17. The van der Waals surface area contributed by atoms with Gasteiger partial charge in [-0.2, -0.15) is 0 Å². The zero-order chi connectivity index (χ0) is 13.1. The first-order valence-electron chi connectivity index (χ1n) is 5.63. The number of carbonyl (C=O) groups excluding carboxylic acids is 1. The molecule has 0 aliphatic carbocycles. The summed E-state index contributed by atoms with van der Waals surface area (Å²) in [6.45, 7) is 1.76. The van der Waals surface area contributed by atoms with E-state index in [0.29, 0.717) is 11.4 Å². The minimum absolute atomic E-state index is 0.370. The topological polar surface area (TPSA) is 60.9 Å². The van der Waals surface area contributed by atoms with Gasteiger partial charge in [-0.05, 0) is 24.6 Å². The van der Waals surface area contributed by atoms with Gasteiger partial charge in [0.05, 0.1) is 0 Å². The number of imidazole rings is 1. The number of halogens is 1. The lowest BCUT2D eigenvalue weighted by atomic mass is 10.1. The standard InChI is InChI=1S/C13H14ClN3O/c1-9(13(15)18)17-7-6-16-12(17)8-10-2-4-11(14)5-3-10/h2-7,9H,8H2,1H3,(H2,15,18). The van der Waals surface area contributed by atoms with Crippen molar-refractivity contribution >= 4 is 17.5 Å². The summed E-state index contributed by atoms with van der Waals surface area (Å²) in [5.41, 5.74) is 6.39. The van der Waals surface area contributed by atoms with Gasteiger partial charge in [-0.25, -0.2) is 4.98 Å². The average Bonchev–Trinajstić information content (AvgIpc) is 2.79. The van der Waals surface area contributed by atoms with Crippen molar-refractivity contribution in [3.8, 4) is 0 Å². The summed E-state index contributed by atoms with van der Waals surface area (Å²) in [6.07, 6.45) is 4.08. The molecule has 2 aromatic rings. The average molecular weight is 264 g/mol. The number of carbonyl (C=O) groups is 1. The van der Waals surface area contributed by atoms with Crippen LogP contribution in [0.5, 0.6) is 0 Å². The molecule has 1 aromatic heterocycles. The Hall–Kier alpha value is -1.81. The second-order valence-electron chi connectivity index (χ2n) is 4.13. The van der Waals surface area contributed by atoms with Gasteiger partial charge >= 0.3 is 0 Å². The molecule has 0 saturated heterocycles. The number of hydrogen-bond donors (Lipinski definition) is 1. The molecule has 1 aromatic carbocycles. The molecule has 0 spiro atoms. The number of primary amides is 1. The Bertz CT molecular complexity index is 548. The molecule has 94 valence electrons. The molecule has 0 radical (unpaired) electrons. The van der Waals surface area contributed by atoms with E-state index in [4.69, 9.17) is 17.3 Å². The van der Waals surface area contributed by atoms with Crippen molar-refractivity contribution in [3.05, 3.63) is 53.1 Å². The Balaban J connectivity index is 2.22. The number of aromatic nitrogens is 2. The van der Waals surface area contributed by atoms with Crippen molar-refractivity contribution < 1.29 is 4.79 Å². The monoisotopic (exact) mass is 263 g/mol. The SMILES string of the molecule is CC(C(N)=O)n1ccnc1Cc1ccc(Cl)cc1. The molecule has 5 heteroatoms. The third-order valence-electron chi connectivity index (χ3n) is 2.85. The minimum atomic E-state index is -0.394. The molecule has 2 N–H and O–H groups in total. The second kappa shape index (κ2) is 5.23. The zero-order valence-electron chi connectivity index (χ0n) is 10.0. The Morgan fingerprint density at radius 1 is 1.44 bits per heavy atom. The highest BCUT2D eigenvalue weighted by Gasteiger charge is 2.14. The summed E-state index contributed by atoms with van der Waals surface area (Å²) in [7, 11) is 0. The molecule has 0 aliphatic rings. The molecule has 0 aliphatic heterocycles. The summed E-state index contributed by atoms with van der Waals surface area (Å²) in [4.78, 5) is 15.5. The van der Waals surface area contributed by atoms with E-state index in [2.05, 4.69) is 4.98 Å². The fourth-order valence-corrected chi connectivity index (χ4v) is 1.88. The van der Waals surface area contributed by atoms with Crippen LogP contribution in [0.2, 0.25) is 5.02 Å². The Morgan fingerprint density at radius 2 is 2.11 bits per heavy atom. The smallest absolute Gasteiger partial charge is 0.240 e. The van der Waals surface area contributed by atoms with E-state index in [1.807, 2.05) is 24.3 Å². The highest BCUT2D eigenvalue weighted by molar-refractivity contribution is 6.30. The fourth-order valence-electron chi connectivity index (χ4n) is 1.76. The van der Waals surface area contributed by atoms with Crippen molar-refractivity contribution in [1.29, 1.82) is 0 Å². The molecule has 2 rings (SSSR count). The molecular weight excluding hydrogens is 250 g/mol. The fraction of sp³-hybridized carbons (Fsp3) is 0.231. The van der Waals surface area contributed by atoms with Crippen LogP contribution in [0, 0.1) is 0 Å². The van der Waals surface area contributed by atoms with Crippen LogP contribution >= 0.6 is 11.6 Å². The number of rotatable bonds is 4. The van der Waals surface area contributed by atoms with Gasteiger partial charge < -0.3 is 10.3 Å². The molecule has 4 nitrogen and oxygen atoms in total. The maximum absolute atomic E-state index is 11.2. The lowest BCUT2D eigenvalue weighted by Gasteiger charge is -2.12. The molecule has 0 saturated carbocycles. The predicted molar refractivity (Wildman–Crippen MR) is 70.4 cm³/mol. The van der Waals surface area contributed by atoms with Crippen LogP contribution in [-0.4, -0.2) is 15.5 Å². The first-order valence-corrected chi connectivity index (χ1v) is 6.01. The first kappa shape index (κ1) is 12.6. The molecule has 18 heavy (non-hydrogen) atoms. The number of amides is 1. The quantitative estimate of drug-likeness (QED) is 0.919. The Labute approximate surface area is 110 Å². The largest absolute Gasteiger partial charge is 0.368 e. The maximum Gasteiger partial charge on any atom is 0.240 e. The minimum Gasteiger partial charge on any atom is -0.368 e. The highest BCUT2D eigenvalue weighted by atomic mass is 35.5. The molecule has 1 heterocycles. The van der Waals surface area contributed by atoms with Crippen LogP contribution < -0.4 is 5.73 Å². The van der Waals surface area contributed by atoms with E-state index in [9.17, 15) is 4.79 Å². The van der Waals surface area contributed by atoms with Crippen molar-refractivity contribution in [1.82, 2.24) is 9.55 Å². The van der Waals surface area contributed by atoms with Crippen LogP contribution in [0.3, 0.4) is 0 Å². The van der Waals surface area contributed by atoms with Crippen molar-refractivity contribution in [3.63, 3.8) is 0 Å². The summed E-state index contributed by atoms with van der Waals surface area (Å²) < 4.78 is 1.79. The molecule has 0 fully saturated rings. The molecule has 1 unspecified atom stereocenters. The van der Waals surface area contributed by atoms with E-state index in [1.165, 1.54) is 0 Å². The van der Waals surface area contributed by atoms with Crippen LogP contribution in [-0.2, 0) is 11.2 Å². The van der Waals surface area contributed by atoms with E-state index in [0.717, 1.165) is 11.4 Å². The zero-order valence-corrected chi connectivity index (χ0v) is 10.8. The third kappa shape index (κ3) is 2.71. The van der Waals surface area contributed by atoms with E-state index in [-0.39, 0.29) is 5.91 Å². The summed E-state index contributed by atoms with van der Waals surface area (Å²) in [6, 6.07) is 7.16. The van der Waals surface area contributed by atoms with Crippen molar-refractivity contribution in [2.75, 3.05) is 0 Å². The normalized spacial score (nSPS) is 12.3. The van der Waals surface area contributed by atoms with Crippen molar-refractivity contribution in [2.45, 2.75) is 19.4 Å². The summed E-state index contributed by atoms with van der Waals surface area (Å²) >= 11 is 5.83. The summed E-state index contributed by atoms with van der Waals surface area (Å²) in [5.74, 6) is 0.439. The maximum atomic E-state index is 11.2. The van der Waals surface area contributed by atoms with Gasteiger partial charge in [0.15, 0.2) is 0 Å². The van der Waals surface area contributed by atoms with Gasteiger partial charge in [0, 0.05) is 23.8 Å². The van der Waals surface area contributed by atoms with E-state index < -0.39 is 6.04 Å². The number of benzene rings is 1. The van der Waals surface area contributed by atoms with Gasteiger partial charge in [0.1, 0.15) is 11.9 Å². The van der Waals surface area contributed by atoms with Crippen LogP contribution in [0.4, 0.5) is 0 Å². The molecule has 1 amide bonds. The van der Waals surface area contributed by atoms with Gasteiger partial charge in [0.25, 0.3) is 0 Å². The van der Waals surface area contributed by atoms with Gasteiger partial charge in [-0.1, -0.05) is 23.7 Å². The lowest BCUT2D eigenvalue weighted by molar-refractivity contribution is -0.120.